The lowest BCUT2D eigenvalue weighted by molar-refractivity contribution is 0.0553. The summed E-state index contributed by atoms with van der Waals surface area (Å²) in [7, 11) is 0. The summed E-state index contributed by atoms with van der Waals surface area (Å²) in [5, 5.41) is 9.72. The molecule has 1 aromatic carbocycles. The number of H-pyrrole nitrogens is 1. The molecule has 0 saturated heterocycles. The van der Waals surface area contributed by atoms with E-state index in [0.717, 1.165) is 10.9 Å². The number of aromatic nitrogens is 1. The van der Waals surface area contributed by atoms with E-state index in [2.05, 4.69) is 4.98 Å². The smallest absolute Gasteiger partial charge is 0.352 e. The standard InChI is InChI=1S/C14H17NO4/c1-9(2)18-5-6-19-11-3-4-12-10(7-11)8-13(15-12)14(16)17/h3-4,7-9,15H,5-6H2,1-2H3,(H,16,17). The first-order chi connectivity index (χ1) is 9.06. The van der Waals surface area contributed by atoms with E-state index in [1.54, 1.807) is 18.2 Å². The highest BCUT2D eigenvalue weighted by Gasteiger charge is 2.07. The van der Waals surface area contributed by atoms with Gasteiger partial charge in [0.1, 0.15) is 18.1 Å². The summed E-state index contributed by atoms with van der Waals surface area (Å²) in [6.45, 7) is 4.95. The zero-order valence-electron chi connectivity index (χ0n) is 11.0. The summed E-state index contributed by atoms with van der Waals surface area (Å²) in [6.07, 6.45) is 0.189. The Balaban J connectivity index is 2.02. The van der Waals surface area contributed by atoms with Crippen LogP contribution in [0.3, 0.4) is 0 Å². The topological polar surface area (TPSA) is 71.5 Å². The quantitative estimate of drug-likeness (QED) is 0.786. The average Bonchev–Trinajstić information content (AvgIpc) is 2.77. The number of carboxylic acid groups (broad SMARTS) is 1. The van der Waals surface area contributed by atoms with Crippen LogP contribution in [0.2, 0.25) is 0 Å². The van der Waals surface area contributed by atoms with Crippen molar-refractivity contribution in [2.45, 2.75) is 20.0 Å². The van der Waals surface area contributed by atoms with Gasteiger partial charge in [-0.3, -0.25) is 0 Å². The minimum absolute atomic E-state index is 0.176. The van der Waals surface area contributed by atoms with E-state index >= 15 is 0 Å². The van der Waals surface area contributed by atoms with E-state index in [1.165, 1.54) is 0 Å². The fourth-order valence-electron chi connectivity index (χ4n) is 1.76. The molecule has 2 N–H and O–H groups in total. The molecule has 2 rings (SSSR count). The number of benzene rings is 1. The normalized spacial score (nSPS) is 11.1. The number of carboxylic acids is 1. The molecule has 0 aliphatic rings. The molecule has 1 aromatic heterocycles. The van der Waals surface area contributed by atoms with Crippen molar-refractivity contribution in [3.05, 3.63) is 30.0 Å². The van der Waals surface area contributed by atoms with Crippen molar-refractivity contribution in [1.29, 1.82) is 0 Å². The summed E-state index contributed by atoms with van der Waals surface area (Å²) in [4.78, 5) is 13.7. The first-order valence-corrected chi connectivity index (χ1v) is 6.16. The predicted molar refractivity (Wildman–Crippen MR) is 71.8 cm³/mol. The lowest BCUT2D eigenvalue weighted by Gasteiger charge is -2.09. The van der Waals surface area contributed by atoms with Gasteiger partial charge in [0.05, 0.1) is 12.7 Å². The van der Waals surface area contributed by atoms with Crippen LogP contribution in [-0.2, 0) is 4.74 Å². The highest BCUT2D eigenvalue weighted by Crippen LogP contribution is 2.21. The predicted octanol–water partition coefficient (Wildman–Crippen LogP) is 2.67. The maximum atomic E-state index is 10.9. The van der Waals surface area contributed by atoms with E-state index in [-0.39, 0.29) is 11.8 Å². The Morgan fingerprint density at radius 1 is 1.32 bits per heavy atom. The number of nitrogens with one attached hydrogen (secondary N) is 1. The fourth-order valence-corrected chi connectivity index (χ4v) is 1.76. The fraction of sp³-hybridized carbons (Fsp3) is 0.357. The van der Waals surface area contributed by atoms with Gasteiger partial charge in [-0.2, -0.15) is 0 Å². The second-order valence-corrected chi connectivity index (χ2v) is 4.51. The van der Waals surface area contributed by atoms with Crippen molar-refractivity contribution in [2.75, 3.05) is 13.2 Å². The zero-order valence-corrected chi connectivity index (χ0v) is 11.0. The van der Waals surface area contributed by atoms with Crippen molar-refractivity contribution in [3.8, 4) is 5.75 Å². The van der Waals surface area contributed by atoms with Gasteiger partial charge in [0, 0.05) is 10.9 Å². The molecule has 0 atom stereocenters. The molecular formula is C14H17NO4. The lowest BCUT2D eigenvalue weighted by atomic mass is 10.2. The van der Waals surface area contributed by atoms with Crippen LogP contribution in [0.25, 0.3) is 10.9 Å². The number of carbonyl (C=O) groups is 1. The molecule has 0 fully saturated rings. The molecule has 0 aliphatic carbocycles. The van der Waals surface area contributed by atoms with Gasteiger partial charge >= 0.3 is 5.97 Å². The third-order valence-corrected chi connectivity index (χ3v) is 2.63. The van der Waals surface area contributed by atoms with Crippen molar-refractivity contribution in [2.24, 2.45) is 0 Å². The Morgan fingerprint density at radius 2 is 2.11 bits per heavy atom. The number of ether oxygens (including phenoxy) is 2. The van der Waals surface area contributed by atoms with Crippen molar-refractivity contribution in [1.82, 2.24) is 4.98 Å². The van der Waals surface area contributed by atoms with Gasteiger partial charge in [-0.1, -0.05) is 0 Å². The number of fused-ring (bicyclic) bond motifs is 1. The van der Waals surface area contributed by atoms with Crippen LogP contribution in [0.1, 0.15) is 24.3 Å². The molecule has 0 unspecified atom stereocenters. The van der Waals surface area contributed by atoms with E-state index in [4.69, 9.17) is 14.6 Å². The van der Waals surface area contributed by atoms with Crippen molar-refractivity contribution >= 4 is 16.9 Å². The Morgan fingerprint density at radius 3 is 2.79 bits per heavy atom. The second-order valence-electron chi connectivity index (χ2n) is 4.51. The van der Waals surface area contributed by atoms with Gasteiger partial charge in [0.25, 0.3) is 0 Å². The number of hydrogen-bond donors (Lipinski definition) is 2. The Kier molecular flexibility index (Phi) is 4.06. The molecule has 2 aromatic rings. The molecular weight excluding hydrogens is 246 g/mol. The van der Waals surface area contributed by atoms with E-state index in [9.17, 15) is 4.79 Å². The van der Waals surface area contributed by atoms with Crippen LogP contribution < -0.4 is 4.74 Å². The van der Waals surface area contributed by atoms with Crippen LogP contribution in [0, 0.1) is 0 Å². The third-order valence-electron chi connectivity index (χ3n) is 2.63. The molecule has 0 bridgehead atoms. The molecule has 0 spiro atoms. The van der Waals surface area contributed by atoms with Gasteiger partial charge in [-0.15, -0.1) is 0 Å². The van der Waals surface area contributed by atoms with Crippen LogP contribution in [-0.4, -0.2) is 35.4 Å². The molecule has 0 aliphatic heterocycles. The summed E-state index contributed by atoms with van der Waals surface area (Å²) in [6, 6.07) is 7.02. The van der Waals surface area contributed by atoms with Crippen LogP contribution in [0.5, 0.6) is 5.75 Å². The zero-order chi connectivity index (χ0) is 13.8. The first-order valence-electron chi connectivity index (χ1n) is 6.16. The number of rotatable bonds is 6. The number of aromatic carboxylic acids is 1. The molecule has 0 saturated carbocycles. The highest BCUT2D eigenvalue weighted by atomic mass is 16.5. The minimum atomic E-state index is -0.969. The molecule has 0 radical (unpaired) electrons. The average molecular weight is 263 g/mol. The Labute approximate surface area is 111 Å². The largest absolute Gasteiger partial charge is 0.491 e. The second kappa shape index (κ2) is 5.75. The Hall–Kier alpha value is -2.01. The van der Waals surface area contributed by atoms with Gasteiger partial charge in [-0.05, 0) is 38.1 Å². The van der Waals surface area contributed by atoms with Gasteiger partial charge in [0.2, 0.25) is 0 Å². The molecule has 5 nitrogen and oxygen atoms in total. The maximum absolute atomic E-state index is 10.9. The summed E-state index contributed by atoms with van der Waals surface area (Å²) in [5.41, 5.74) is 0.957. The van der Waals surface area contributed by atoms with Crippen LogP contribution in [0.4, 0.5) is 0 Å². The van der Waals surface area contributed by atoms with Crippen molar-refractivity contribution in [3.63, 3.8) is 0 Å². The SMILES string of the molecule is CC(C)OCCOc1ccc2[nH]c(C(=O)O)cc2c1. The number of aromatic amines is 1. The Bertz CT molecular complexity index is 574. The molecule has 5 heteroatoms. The van der Waals surface area contributed by atoms with Crippen LogP contribution in [0.15, 0.2) is 24.3 Å². The van der Waals surface area contributed by atoms with E-state index in [1.807, 2.05) is 19.9 Å². The van der Waals surface area contributed by atoms with Gasteiger partial charge in [0.15, 0.2) is 0 Å². The number of hydrogen-bond acceptors (Lipinski definition) is 3. The van der Waals surface area contributed by atoms with Gasteiger partial charge in [-0.25, -0.2) is 4.79 Å². The third kappa shape index (κ3) is 3.48. The summed E-state index contributed by atoms with van der Waals surface area (Å²) in [5.74, 6) is -0.264. The minimum Gasteiger partial charge on any atom is -0.491 e. The molecule has 0 amide bonds. The van der Waals surface area contributed by atoms with Crippen LogP contribution >= 0.6 is 0 Å². The van der Waals surface area contributed by atoms with Crippen molar-refractivity contribution < 1.29 is 19.4 Å². The summed E-state index contributed by atoms with van der Waals surface area (Å²) >= 11 is 0. The molecule has 1 heterocycles. The molecule has 102 valence electrons. The lowest BCUT2D eigenvalue weighted by Crippen LogP contribution is -2.11. The highest BCUT2D eigenvalue weighted by molar-refractivity contribution is 5.94. The van der Waals surface area contributed by atoms with E-state index < -0.39 is 5.97 Å². The van der Waals surface area contributed by atoms with Gasteiger partial charge < -0.3 is 19.6 Å². The summed E-state index contributed by atoms with van der Waals surface area (Å²) < 4.78 is 10.9. The van der Waals surface area contributed by atoms with E-state index in [0.29, 0.717) is 19.0 Å². The molecule has 19 heavy (non-hydrogen) atoms. The maximum Gasteiger partial charge on any atom is 0.352 e. The monoisotopic (exact) mass is 263 g/mol. The first kappa shape index (κ1) is 13.4.